The van der Waals surface area contributed by atoms with Crippen LogP contribution in [-0.4, -0.2) is 9.97 Å². The molecule has 12 rings (SSSR count). The van der Waals surface area contributed by atoms with Crippen LogP contribution in [0.15, 0.2) is 235 Å². The summed E-state index contributed by atoms with van der Waals surface area (Å²) in [5, 5.41) is 2.23. The summed E-state index contributed by atoms with van der Waals surface area (Å²) >= 11 is 0. The second-order valence-electron chi connectivity index (χ2n) is 16.1. The van der Waals surface area contributed by atoms with E-state index in [2.05, 4.69) is 200 Å². The van der Waals surface area contributed by atoms with Gasteiger partial charge in [0.25, 0.3) is 0 Å². The molecule has 0 fully saturated rings. The molecular weight excluding hydrogens is 753 g/mol. The van der Waals surface area contributed by atoms with E-state index < -0.39 is 5.41 Å². The first-order valence-electron chi connectivity index (χ1n) is 21.1. The summed E-state index contributed by atoms with van der Waals surface area (Å²) in [4.78, 5) is 10.5. The van der Waals surface area contributed by atoms with Crippen molar-refractivity contribution in [2.75, 3.05) is 0 Å². The molecule has 0 radical (unpaired) electrons. The molecule has 2 aromatic heterocycles. The highest BCUT2D eigenvalue weighted by Crippen LogP contribution is 2.56. The maximum Gasteiger partial charge on any atom is 0.160 e. The maximum absolute atomic E-state index is 6.33. The van der Waals surface area contributed by atoms with Gasteiger partial charge in [0, 0.05) is 27.5 Å². The van der Waals surface area contributed by atoms with Gasteiger partial charge in [-0.25, -0.2) is 9.97 Å². The Morgan fingerprint density at radius 1 is 0.306 bits per heavy atom. The van der Waals surface area contributed by atoms with Crippen LogP contribution in [-0.2, 0) is 5.41 Å². The van der Waals surface area contributed by atoms with E-state index >= 15 is 0 Å². The van der Waals surface area contributed by atoms with Crippen molar-refractivity contribution in [1.29, 1.82) is 0 Å². The number of rotatable bonds is 7. The smallest absolute Gasteiger partial charge is 0.160 e. The number of hydrogen-bond acceptors (Lipinski definition) is 3. The molecule has 62 heavy (non-hydrogen) atoms. The number of nitrogens with zero attached hydrogens (tertiary/aromatic N) is 2. The van der Waals surface area contributed by atoms with Crippen molar-refractivity contribution in [1.82, 2.24) is 9.97 Å². The van der Waals surface area contributed by atoms with E-state index in [4.69, 9.17) is 14.4 Å². The number of furan rings is 1. The number of fused-ring (bicyclic) bond motifs is 6. The minimum absolute atomic E-state index is 0.476. The molecule has 0 amide bonds. The van der Waals surface area contributed by atoms with Gasteiger partial charge in [0.05, 0.1) is 16.8 Å². The molecule has 3 nitrogen and oxygen atoms in total. The molecule has 11 aromatic rings. The maximum atomic E-state index is 6.33. The lowest BCUT2D eigenvalue weighted by molar-refractivity contribution is 0.669. The normalized spacial score (nSPS) is 12.6. The summed E-state index contributed by atoms with van der Waals surface area (Å²) in [5.41, 5.74) is 18.0. The van der Waals surface area contributed by atoms with Crippen molar-refractivity contribution in [3.05, 3.63) is 253 Å². The van der Waals surface area contributed by atoms with Crippen molar-refractivity contribution in [3.63, 3.8) is 0 Å². The Morgan fingerprint density at radius 2 is 0.871 bits per heavy atom. The Labute approximate surface area is 360 Å². The molecule has 0 spiro atoms. The lowest BCUT2D eigenvalue weighted by Crippen LogP contribution is -2.28. The van der Waals surface area contributed by atoms with Gasteiger partial charge in [0.15, 0.2) is 5.82 Å². The van der Waals surface area contributed by atoms with Gasteiger partial charge in [-0.2, -0.15) is 0 Å². The van der Waals surface area contributed by atoms with E-state index in [1.807, 2.05) is 30.3 Å². The van der Waals surface area contributed by atoms with Crippen LogP contribution in [0.2, 0.25) is 0 Å². The first-order chi connectivity index (χ1) is 30.7. The van der Waals surface area contributed by atoms with E-state index in [0.717, 1.165) is 72.3 Å². The quantitative estimate of drug-likeness (QED) is 0.161. The van der Waals surface area contributed by atoms with Crippen LogP contribution in [0.5, 0.6) is 0 Å². The summed E-state index contributed by atoms with van der Waals surface area (Å²) in [5.74, 6) is 0.678. The molecule has 0 atom stereocenters. The largest absolute Gasteiger partial charge is 0.456 e. The molecule has 1 aliphatic carbocycles. The number of benzene rings is 9. The summed E-state index contributed by atoms with van der Waals surface area (Å²) in [7, 11) is 0. The summed E-state index contributed by atoms with van der Waals surface area (Å²) in [6.45, 7) is 0. The molecule has 3 heteroatoms. The zero-order valence-electron chi connectivity index (χ0n) is 33.7. The molecule has 2 heterocycles. The van der Waals surface area contributed by atoms with E-state index in [0.29, 0.717) is 5.82 Å². The Kier molecular flexibility index (Phi) is 8.39. The molecule has 1 aliphatic rings. The number of hydrogen-bond donors (Lipinski definition) is 0. The third-order valence-corrected chi connectivity index (χ3v) is 12.6. The average Bonchev–Trinajstić information content (AvgIpc) is 3.88. The predicted molar refractivity (Wildman–Crippen MR) is 254 cm³/mol. The topological polar surface area (TPSA) is 38.9 Å². The van der Waals surface area contributed by atoms with Gasteiger partial charge in [0.2, 0.25) is 0 Å². The summed E-state index contributed by atoms with van der Waals surface area (Å²) < 4.78 is 6.33. The molecule has 0 N–H and O–H groups in total. The zero-order chi connectivity index (χ0) is 41.0. The summed E-state index contributed by atoms with van der Waals surface area (Å²) in [6, 6.07) is 82.3. The number of aromatic nitrogens is 2. The van der Waals surface area contributed by atoms with Crippen molar-refractivity contribution in [2.24, 2.45) is 0 Å². The third kappa shape index (κ3) is 5.74. The second kappa shape index (κ2) is 14.5. The Balaban J connectivity index is 1.01. The molecule has 9 aromatic carbocycles. The van der Waals surface area contributed by atoms with Crippen LogP contribution >= 0.6 is 0 Å². The van der Waals surface area contributed by atoms with Gasteiger partial charge in [-0.3, -0.25) is 0 Å². The summed E-state index contributed by atoms with van der Waals surface area (Å²) in [6.07, 6.45) is 0. The number of para-hydroxylation sites is 1. The Morgan fingerprint density at radius 3 is 1.66 bits per heavy atom. The zero-order valence-corrected chi connectivity index (χ0v) is 33.7. The van der Waals surface area contributed by atoms with Crippen LogP contribution in [0.1, 0.15) is 22.3 Å². The highest BCUT2D eigenvalue weighted by Gasteiger charge is 2.46. The third-order valence-electron chi connectivity index (χ3n) is 12.6. The van der Waals surface area contributed by atoms with Gasteiger partial charge in [0.1, 0.15) is 11.2 Å². The standard InChI is InChI=1S/C59H38N2O/c1-4-17-39(18-5-1)58-60-54(38-55(61-58)49-27-11-10-25-46(49)42-32-34-51-50-28-13-15-30-56(50)62-57(51)37-42)43-20-16-19-40(35-43)41-31-33-48-47-26-12-14-29-52(47)59(53(48)36-41,44-21-6-2-7-22-44)45-23-8-3-9-24-45/h1-38H. The first-order valence-corrected chi connectivity index (χ1v) is 21.1. The predicted octanol–water partition coefficient (Wildman–Crippen LogP) is 15.1. The van der Waals surface area contributed by atoms with Gasteiger partial charge < -0.3 is 4.42 Å². The highest BCUT2D eigenvalue weighted by atomic mass is 16.3. The first kappa shape index (κ1) is 35.8. The van der Waals surface area contributed by atoms with Crippen LogP contribution in [0.4, 0.5) is 0 Å². The SMILES string of the molecule is c1ccc(-c2nc(-c3cccc(-c4ccc5c(c4)C(c4ccccc4)(c4ccccc4)c4ccccc4-5)c3)cc(-c3ccccc3-c3ccc4c(c3)oc3ccccc34)n2)cc1. The van der Waals surface area contributed by atoms with Gasteiger partial charge in [-0.1, -0.05) is 194 Å². The minimum atomic E-state index is -0.476. The molecule has 0 aliphatic heterocycles. The molecule has 0 bridgehead atoms. The van der Waals surface area contributed by atoms with Crippen LogP contribution < -0.4 is 0 Å². The lowest BCUT2D eigenvalue weighted by atomic mass is 9.67. The van der Waals surface area contributed by atoms with Crippen molar-refractivity contribution < 1.29 is 4.42 Å². The van der Waals surface area contributed by atoms with Crippen LogP contribution in [0.3, 0.4) is 0 Å². The van der Waals surface area contributed by atoms with E-state index in [1.54, 1.807) is 0 Å². The second-order valence-corrected chi connectivity index (χ2v) is 16.1. The van der Waals surface area contributed by atoms with Crippen molar-refractivity contribution >= 4 is 21.9 Å². The Bertz CT molecular complexity index is 3420. The average molecular weight is 791 g/mol. The van der Waals surface area contributed by atoms with E-state index in [9.17, 15) is 0 Å². The molecule has 0 saturated carbocycles. The highest BCUT2D eigenvalue weighted by molar-refractivity contribution is 6.06. The van der Waals surface area contributed by atoms with Gasteiger partial charge >= 0.3 is 0 Å². The molecule has 0 saturated heterocycles. The Hall–Kier alpha value is -8.14. The monoisotopic (exact) mass is 790 g/mol. The van der Waals surface area contributed by atoms with Gasteiger partial charge in [-0.05, 0) is 92.0 Å². The van der Waals surface area contributed by atoms with Crippen LogP contribution in [0.25, 0.3) is 89.2 Å². The van der Waals surface area contributed by atoms with E-state index in [-0.39, 0.29) is 0 Å². The van der Waals surface area contributed by atoms with Gasteiger partial charge in [-0.15, -0.1) is 0 Å². The minimum Gasteiger partial charge on any atom is -0.456 e. The van der Waals surface area contributed by atoms with Crippen molar-refractivity contribution in [3.8, 4) is 67.3 Å². The van der Waals surface area contributed by atoms with Crippen molar-refractivity contribution in [2.45, 2.75) is 5.41 Å². The van der Waals surface area contributed by atoms with Crippen LogP contribution in [0, 0.1) is 0 Å². The lowest BCUT2D eigenvalue weighted by Gasteiger charge is -2.34. The molecule has 0 unspecified atom stereocenters. The fourth-order valence-corrected chi connectivity index (χ4v) is 9.78. The molecular formula is C59H38N2O. The fourth-order valence-electron chi connectivity index (χ4n) is 9.78. The fraction of sp³-hybridized carbons (Fsp3) is 0.0169. The van der Waals surface area contributed by atoms with E-state index in [1.165, 1.54) is 33.4 Å². The molecule has 290 valence electrons.